The molecule has 0 spiro atoms. The molecule has 1 atom stereocenters. The first-order valence-electron chi connectivity index (χ1n) is 8.14. The molecule has 2 aromatic rings. The summed E-state index contributed by atoms with van der Waals surface area (Å²) in [5.41, 5.74) is 3.03. The summed E-state index contributed by atoms with van der Waals surface area (Å²) in [7, 11) is 0. The van der Waals surface area contributed by atoms with Gasteiger partial charge in [0.2, 0.25) is 0 Å². The fraction of sp³-hybridized carbons (Fsp3) is 0.421. The smallest absolute Gasteiger partial charge is 0.254 e. The summed E-state index contributed by atoms with van der Waals surface area (Å²) in [5.74, 6) is 0.107. The minimum Gasteiger partial charge on any atom is -0.376 e. The number of carbonyl (C=O) groups is 1. The summed E-state index contributed by atoms with van der Waals surface area (Å²) >= 11 is 1.69. The maximum atomic E-state index is 13.1. The lowest BCUT2D eigenvalue weighted by Gasteiger charge is -2.26. The molecular formula is C19H23NO2S. The van der Waals surface area contributed by atoms with Crippen LogP contribution in [0.5, 0.6) is 0 Å². The summed E-state index contributed by atoms with van der Waals surface area (Å²) in [6.45, 7) is 6.22. The van der Waals surface area contributed by atoms with Crippen LogP contribution in [0.25, 0.3) is 0 Å². The van der Waals surface area contributed by atoms with Crippen molar-refractivity contribution in [2.75, 3.05) is 13.2 Å². The van der Waals surface area contributed by atoms with E-state index in [9.17, 15) is 4.79 Å². The number of nitrogens with zero attached hydrogens (tertiary/aromatic N) is 1. The second-order valence-electron chi connectivity index (χ2n) is 6.15. The Morgan fingerprint density at radius 3 is 2.87 bits per heavy atom. The molecule has 0 radical (unpaired) electrons. The average molecular weight is 329 g/mol. The van der Waals surface area contributed by atoms with E-state index in [1.54, 1.807) is 11.3 Å². The van der Waals surface area contributed by atoms with Gasteiger partial charge in [0.25, 0.3) is 5.91 Å². The molecule has 1 aromatic heterocycles. The second kappa shape index (κ2) is 7.28. The van der Waals surface area contributed by atoms with Crippen LogP contribution in [-0.4, -0.2) is 30.1 Å². The van der Waals surface area contributed by atoms with Crippen LogP contribution in [0.4, 0.5) is 0 Å². The maximum absolute atomic E-state index is 13.1. The van der Waals surface area contributed by atoms with Gasteiger partial charge in [0.05, 0.1) is 12.6 Å². The van der Waals surface area contributed by atoms with E-state index in [1.165, 1.54) is 4.88 Å². The number of rotatable bonds is 5. The number of amides is 1. The van der Waals surface area contributed by atoms with Gasteiger partial charge in [0.15, 0.2) is 0 Å². The Bertz CT molecular complexity index is 660. The highest BCUT2D eigenvalue weighted by molar-refractivity contribution is 7.09. The minimum absolute atomic E-state index is 0.107. The standard InChI is InChI=1S/C19H23NO2S/c1-14-6-3-9-18(15(14)2)19(21)20(12-16-7-4-10-22-16)13-17-8-5-11-23-17/h3,5-6,8-9,11,16H,4,7,10,12-13H2,1-2H3. The van der Waals surface area contributed by atoms with Gasteiger partial charge < -0.3 is 9.64 Å². The highest BCUT2D eigenvalue weighted by Crippen LogP contribution is 2.21. The monoisotopic (exact) mass is 329 g/mol. The van der Waals surface area contributed by atoms with Crippen molar-refractivity contribution in [3.8, 4) is 0 Å². The third-order valence-electron chi connectivity index (χ3n) is 4.50. The molecule has 1 fully saturated rings. The van der Waals surface area contributed by atoms with Gasteiger partial charge in [-0.15, -0.1) is 11.3 Å². The molecule has 1 amide bonds. The predicted molar refractivity (Wildman–Crippen MR) is 93.9 cm³/mol. The highest BCUT2D eigenvalue weighted by Gasteiger charge is 2.24. The molecule has 1 aromatic carbocycles. The normalized spacial score (nSPS) is 17.4. The van der Waals surface area contributed by atoms with Gasteiger partial charge in [0.1, 0.15) is 0 Å². The first-order chi connectivity index (χ1) is 11.1. The predicted octanol–water partition coefficient (Wildman–Crippen LogP) is 4.19. The molecule has 23 heavy (non-hydrogen) atoms. The first-order valence-corrected chi connectivity index (χ1v) is 9.02. The molecule has 0 bridgehead atoms. The number of ether oxygens (including phenoxy) is 1. The summed E-state index contributed by atoms with van der Waals surface area (Å²) in [6.07, 6.45) is 2.31. The first kappa shape index (κ1) is 16.2. The van der Waals surface area contributed by atoms with Crippen LogP contribution in [0.2, 0.25) is 0 Å². The molecule has 122 valence electrons. The molecule has 0 N–H and O–H groups in total. The van der Waals surface area contributed by atoms with Crippen LogP contribution in [0.3, 0.4) is 0 Å². The third kappa shape index (κ3) is 3.82. The Labute approximate surface area is 141 Å². The Morgan fingerprint density at radius 1 is 1.30 bits per heavy atom. The van der Waals surface area contributed by atoms with Crippen molar-refractivity contribution >= 4 is 17.2 Å². The van der Waals surface area contributed by atoms with Gasteiger partial charge in [-0.25, -0.2) is 0 Å². The van der Waals surface area contributed by atoms with Crippen LogP contribution in [-0.2, 0) is 11.3 Å². The average Bonchev–Trinajstić information content (AvgIpc) is 3.22. The van der Waals surface area contributed by atoms with E-state index in [-0.39, 0.29) is 12.0 Å². The molecule has 1 saturated heterocycles. The molecular weight excluding hydrogens is 306 g/mol. The molecule has 2 heterocycles. The summed E-state index contributed by atoms with van der Waals surface area (Å²) in [5, 5.41) is 2.06. The Kier molecular flexibility index (Phi) is 5.13. The summed E-state index contributed by atoms with van der Waals surface area (Å²) in [6, 6.07) is 10.1. The van der Waals surface area contributed by atoms with Crippen molar-refractivity contribution in [3.63, 3.8) is 0 Å². The minimum atomic E-state index is 0.107. The quantitative estimate of drug-likeness (QED) is 0.823. The fourth-order valence-electron chi connectivity index (χ4n) is 3.00. The van der Waals surface area contributed by atoms with E-state index in [0.29, 0.717) is 13.1 Å². The number of aryl methyl sites for hydroxylation is 1. The molecule has 3 nitrogen and oxygen atoms in total. The largest absolute Gasteiger partial charge is 0.376 e. The van der Waals surface area contributed by atoms with Crippen LogP contribution in [0.1, 0.15) is 39.2 Å². The molecule has 1 unspecified atom stereocenters. The van der Waals surface area contributed by atoms with Gasteiger partial charge in [0, 0.05) is 23.6 Å². The molecule has 4 heteroatoms. The SMILES string of the molecule is Cc1cccc(C(=O)N(Cc2cccs2)CC2CCCO2)c1C. The van der Waals surface area contributed by atoms with Gasteiger partial charge in [-0.1, -0.05) is 18.2 Å². The van der Waals surface area contributed by atoms with Crippen molar-refractivity contribution < 1.29 is 9.53 Å². The van der Waals surface area contributed by atoms with Crippen molar-refractivity contribution in [1.82, 2.24) is 4.90 Å². The number of hydrogen-bond donors (Lipinski definition) is 0. The van der Waals surface area contributed by atoms with E-state index in [0.717, 1.165) is 36.1 Å². The Hall–Kier alpha value is -1.65. The molecule has 3 rings (SSSR count). The van der Waals surface area contributed by atoms with Crippen molar-refractivity contribution in [2.45, 2.75) is 39.3 Å². The zero-order chi connectivity index (χ0) is 16.2. The fourth-order valence-corrected chi connectivity index (χ4v) is 3.72. The number of carbonyl (C=O) groups excluding carboxylic acids is 1. The van der Waals surface area contributed by atoms with Crippen molar-refractivity contribution in [2.24, 2.45) is 0 Å². The highest BCUT2D eigenvalue weighted by atomic mass is 32.1. The van der Waals surface area contributed by atoms with E-state index in [4.69, 9.17) is 4.74 Å². The van der Waals surface area contributed by atoms with Crippen molar-refractivity contribution in [3.05, 3.63) is 57.3 Å². The molecule has 0 aliphatic carbocycles. The van der Waals surface area contributed by atoms with E-state index >= 15 is 0 Å². The zero-order valence-electron chi connectivity index (χ0n) is 13.7. The third-order valence-corrected chi connectivity index (χ3v) is 5.36. The van der Waals surface area contributed by atoms with Gasteiger partial charge in [-0.3, -0.25) is 4.79 Å². The van der Waals surface area contributed by atoms with Gasteiger partial charge in [-0.05, 0) is 55.3 Å². The zero-order valence-corrected chi connectivity index (χ0v) is 14.6. The molecule has 1 aliphatic heterocycles. The second-order valence-corrected chi connectivity index (χ2v) is 7.18. The lowest BCUT2D eigenvalue weighted by molar-refractivity contribution is 0.0509. The van der Waals surface area contributed by atoms with E-state index in [1.807, 2.05) is 30.0 Å². The Morgan fingerprint density at radius 2 is 2.17 bits per heavy atom. The molecule has 1 aliphatic rings. The van der Waals surface area contributed by atoms with Crippen molar-refractivity contribution in [1.29, 1.82) is 0 Å². The summed E-state index contributed by atoms with van der Waals surface area (Å²) < 4.78 is 5.75. The number of hydrogen-bond acceptors (Lipinski definition) is 3. The lowest BCUT2D eigenvalue weighted by atomic mass is 10.0. The lowest BCUT2D eigenvalue weighted by Crippen LogP contribution is -2.37. The number of benzene rings is 1. The van der Waals surface area contributed by atoms with Gasteiger partial charge in [-0.2, -0.15) is 0 Å². The van der Waals surface area contributed by atoms with Crippen LogP contribution in [0.15, 0.2) is 35.7 Å². The van der Waals surface area contributed by atoms with E-state index < -0.39 is 0 Å². The topological polar surface area (TPSA) is 29.5 Å². The summed E-state index contributed by atoms with van der Waals surface area (Å²) in [4.78, 5) is 16.3. The maximum Gasteiger partial charge on any atom is 0.254 e. The van der Waals surface area contributed by atoms with Crippen LogP contribution in [0, 0.1) is 13.8 Å². The van der Waals surface area contributed by atoms with Crippen LogP contribution < -0.4 is 0 Å². The molecule has 0 saturated carbocycles. The Balaban J connectivity index is 1.83. The van der Waals surface area contributed by atoms with Crippen LogP contribution >= 0.6 is 11.3 Å². The van der Waals surface area contributed by atoms with E-state index in [2.05, 4.69) is 24.4 Å². The number of thiophene rings is 1. The van der Waals surface area contributed by atoms with Gasteiger partial charge >= 0.3 is 0 Å².